The molecule has 0 aliphatic carbocycles. The van der Waals surface area contributed by atoms with Crippen LogP contribution in [0.25, 0.3) is 0 Å². The fourth-order valence-electron chi connectivity index (χ4n) is 2.93. The van der Waals surface area contributed by atoms with Crippen molar-refractivity contribution in [1.82, 2.24) is 10.2 Å². The van der Waals surface area contributed by atoms with E-state index in [2.05, 4.69) is 5.32 Å². The van der Waals surface area contributed by atoms with Gasteiger partial charge in [0.2, 0.25) is 11.8 Å². The summed E-state index contributed by atoms with van der Waals surface area (Å²) < 4.78 is 5.35. The molecule has 0 aromatic carbocycles. The van der Waals surface area contributed by atoms with Crippen molar-refractivity contribution >= 4 is 11.8 Å². The van der Waals surface area contributed by atoms with Crippen molar-refractivity contribution in [3.05, 3.63) is 0 Å². The Morgan fingerprint density at radius 1 is 1.21 bits per heavy atom. The number of rotatable bonds is 4. The molecule has 2 atom stereocenters. The van der Waals surface area contributed by atoms with Gasteiger partial charge in [0.25, 0.3) is 0 Å². The van der Waals surface area contributed by atoms with Gasteiger partial charge in [-0.2, -0.15) is 0 Å². The van der Waals surface area contributed by atoms with E-state index in [4.69, 9.17) is 4.74 Å². The topological polar surface area (TPSA) is 58.6 Å². The van der Waals surface area contributed by atoms with Gasteiger partial charge in [-0.3, -0.25) is 9.59 Å². The predicted molar refractivity (Wildman–Crippen MR) is 71.6 cm³/mol. The number of amides is 2. The molecular formula is C14H24N2O3. The van der Waals surface area contributed by atoms with Crippen LogP contribution in [0.2, 0.25) is 0 Å². The minimum Gasteiger partial charge on any atom is -0.381 e. The first-order valence-electron chi connectivity index (χ1n) is 7.36. The maximum atomic E-state index is 12.4. The van der Waals surface area contributed by atoms with Crippen LogP contribution in [0, 0.1) is 5.92 Å². The minimum atomic E-state index is -0.338. The van der Waals surface area contributed by atoms with Gasteiger partial charge in [0.1, 0.15) is 12.1 Å². The Morgan fingerprint density at radius 3 is 2.47 bits per heavy atom. The molecule has 2 rings (SSSR count). The van der Waals surface area contributed by atoms with E-state index >= 15 is 0 Å². The van der Waals surface area contributed by atoms with Crippen molar-refractivity contribution in [2.45, 2.75) is 51.6 Å². The zero-order chi connectivity index (χ0) is 13.8. The summed E-state index contributed by atoms with van der Waals surface area (Å²) in [6.45, 7) is 6.13. The Morgan fingerprint density at radius 2 is 1.89 bits per heavy atom. The molecule has 0 radical (unpaired) electrons. The van der Waals surface area contributed by atoms with E-state index in [1.165, 1.54) is 0 Å². The summed E-state index contributed by atoms with van der Waals surface area (Å²) in [5, 5.41) is 2.83. The standard InChI is InChI=1S/C14H24N2O3/c1-3-11-14(18)16(12(4-2)13(17)15-11)9-10-5-7-19-8-6-10/h10-12H,3-9H2,1-2H3,(H,15,17). The van der Waals surface area contributed by atoms with Gasteiger partial charge in [-0.05, 0) is 31.6 Å². The Hall–Kier alpha value is -1.10. The number of ether oxygens (including phenoxy) is 1. The summed E-state index contributed by atoms with van der Waals surface area (Å²) in [6.07, 6.45) is 3.31. The molecule has 2 aliphatic heterocycles. The molecule has 0 bridgehead atoms. The van der Waals surface area contributed by atoms with Gasteiger partial charge in [-0.25, -0.2) is 0 Å². The number of hydrogen-bond acceptors (Lipinski definition) is 3. The first kappa shape index (κ1) is 14.3. The molecule has 108 valence electrons. The summed E-state index contributed by atoms with van der Waals surface area (Å²) in [6, 6.07) is -0.631. The van der Waals surface area contributed by atoms with Crippen LogP contribution in [0.1, 0.15) is 39.5 Å². The molecule has 2 unspecified atom stereocenters. The molecule has 1 N–H and O–H groups in total. The molecule has 19 heavy (non-hydrogen) atoms. The fraction of sp³-hybridized carbons (Fsp3) is 0.857. The molecule has 0 spiro atoms. The van der Waals surface area contributed by atoms with Gasteiger partial charge >= 0.3 is 0 Å². The zero-order valence-corrected chi connectivity index (χ0v) is 11.9. The maximum absolute atomic E-state index is 12.4. The van der Waals surface area contributed by atoms with Crippen LogP contribution < -0.4 is 5.32 Å². The van der Waals surface area contributed by atoms with Gasteiger partial charge in [-0.1, -0.05) is 13.8 Å². The van der Waals surface area contributed by atoms with Gasteiger partial charge < -0.3 is 15.0 Å². The van der Waals surface area contributed by atoms with Gasteiger partial charge in [0, 0.05) is 19.8 Å². The molecule has 0 aromatic rings. The first-order chi connectivity index (χ1) is 9.17. The Balaban J connectivity index is 2.07. The third-order valence-electron chi connectivity index (χ3n) is 4.17. The van der Waals surface area contributed by atoms with Crippen molar-refractivity contribution in [2.24, 2.45) is 5.92 Å². The highest BCUT2D eigenvalue weighted by Crippen LogP contribution is 2.21. The van der Waals surface area contributed by atoms with Crippen molar-refractivity contribution in [1.29, 1.82) is 0 Å². The minimum absolute atomic E-state index is 0.000935. The average Bonchev–Trinajstić information content (AvgIpc) is 2.44. The second kappa shape index (κ2) is 6.37. The van der Waals surface area contributed by atoms with Crippen LogP contribution in [0.5, 0.6) is 0 Å². The van der Waals surface area contributed by atoms with E-state index in [1.807, 2.05) is 18.7 Å². The third-order valence-corrected chi connectivity index (χ3v) is 4.17. The highest BCUT2D eigenvalue weighted by molar-refractivity contribution is 5.96. The Labute approximate surface area is 114 Å². The lowest BCUT2D eigenvalue weighted by molar-refractivity contribution is -0.150. The summed E-state index contributed by atoms with van der Waals surface area (Å²) in [5.74, 6) is 0.552. The molecule has 2 amide bonds. The largest absolute Gasteiger partial charge is 0.381 e. The monoisotopic (exact) mass is 268 g/mol. The average molecular weight is 268 g/mol. The Bertz CT molecular complexity index is 340. The van der Waals surface area contributed by atoms with Crippen molar-refractivity contribution in [3.8, 4) is 0 Å². The van der Waals surface area contributed by atoms with Gasteiger partial charge in [0.15, 0.2) is 0 Å². The van der Waals surface area contributed by atoms with Crippen LogP contribution in [0.15, 0.2) is 0 Å². The quantitative estimate of drug-likeness (QED) is 0.825. The lowest BCUT2D eigenvalue weighted by Gasteiger charge is -2.40. The first-order valence-corrected chi connectivity index (χ1v) is 7.36. The molecule has 2 aliphatic rings. The van der Waals surface area contributed by atoms with E-state index < -0.39 is 0 Å². The maximum Gasteiger partial charge on any atom is 0.245 e. The van der Waals surface area contributed by atoms with Crippen LogP contribution in [0.3, 0.4) is 0 Å². The lowest BCUT2D eigenvalue weighted by atomic mass is 9.96. The number of nitrogens with one attached hydrogen (secondary N) is 1. The molecule has 0 saturated carbocycles. The smallest absolute Gasteiger partial charge is 0.245 e. The molecule has 0 aromatic heterocycles. The van der Waals surface area contributed by atoms with Crippen molar-refractivity contribution < 1.29 is 14.3 Å². The summed E-state index contributed by atoms with van der Waals surface area (Å²) in [5.41, 5.74) is 0. The Kier molecular flexibility index (Phi) is 4.80. The molecule has 2 saturated heterocycles. The van der Waals surface area contributed by atoms with E-state index in [0.29, 0.717) is 25.3 Å². The zero-order valence-electron chi connectivity index (χ0n) is 11.9. The fourth-order valence-corrected chi connectivity index (χ4v) is 2.93. The molecule has 5 heteroatoms. The van der Waals surface area contributed by atoms with Gasteiger partial charge in [0.05, 0.1) is 0 Å². The highest BCUT2D eigenvalue weighted by atomic mass is 16.5. The summed E-state index contributed by atoms with van der Waals surface area (Å²) in [7, 11) is 0. The number of nitrogens with zero attached hydrogens (tertiary/aromatic N) is 1. The van der Waals surface area contributed by atoms with E-state index in [1.54, 1.807) is 0 Å². The van der Waals surface area contributed by atoms with E-state index in [9.17, 15) is 9.59 Å². The highest BCUT2D eigenvalue weighted by Gasteiger charge is 2.39. The normalized spacial score (nSPS) is 29.5. The van der Waals surface area contributed by atoms with Crippen molar-refractivity contribution in [2.75, 3.05) is 19.8 Å². The second-order valence-electron chi connectivity index (χ2n) is 5.44. The van der Waals surface area contributed by atoms with Crippen LogP contribution in [-0.4, -0.2) is 48.6 Å². The van der Waals surface area contributed by atoms with Crippen molar-refractivity contribution in [3.63, 3.8) is 0 Å². The van der Waals surface area contributed by atoms with Crippen LogP contribution in [0.4, 0.5) is 0 Å². The number of hydrogen-bond donors (Lipinski definition) is 1. The lowest BCUT2D eigenvalue weighted by Crippen LogP contribution is -2.63. The molecular weight excluding hydrogens is 244 g/mol. The van der Waals surface area contributed by atoms with Crippen LogP contribution >= 0.6 is 0 Å². The molecule has 5 nitrogen and oxygen atoms in total. The molecule has 2 heterocycles. The van der Waals surface area contributed by atoms with E-state index in [0.717, 1.165) is 26.1 Å². The summed E-state index contributed by atoms with van der Waals surface area (Å²) >= 11 is 0. The number of carbonyl (C=O) groups is 2. The van der Waals surface area contributed by atoms with E-state index in [-0.39, 0.29) is 23.9 Å². The number of carbonyl (C=O) groups excluding carboxylic acids is 2. The summed E-state index contributed by atoms with van der Waals surface area (Å²) in [4.78, 5) is 26.3. The van der Waals surface area contributed by atoms with Crippen LogP contribution in [-0.2, 0) is 14.3 Å². The second-order valence-corrected chi connectivity index (χ2v) is 5.44. The third kappa shape index (κ3) is 3.08. The predicted octanol–water partition coefficient (Wildman–Crippen LogP) is 0.929. The molecule has 2 fully saturated rings. The van der Waals surface area contributed by atoms with Gasteiger partial charge in [-0.15, -0.1) is 0 Å². The SMILES string of the molecule is CCC1NC(=O)C(CC)N(CC2CCOCC2)C1=O. The number of piperazine rings is 1.